The molecular formula is C13H10ClIN2O2. The maximum atomic E-state index is 12.0. The van der Waals surface area contributed by atoms with Gasteiger partial charge in [-0.05, 0) is 47.7 Å². The Labute approximate surface area is 128 Å². The van der Waals surface area contributed by atoms with Gasteiger partial charge in [0.05, 0.1) is 10.7 Å². The van der Waals surface area contributed by atoms with Gasteiger partial charge in [-0.2, -0.15) is 0 Å². The molecule has 0 unspecified atom stereocenters. The molecule has 0 saturated carbocycles. The number of aromatic nitrogens is 1. The molecule has 0 spiro atoms. The summed E-state index contributed by atoms with van der Waals surface area (Å²) in [6, 6.07) is 6.63. The Morgan fingerprint density at radius 1 is 1.37 bits per heavy atom. The van der Waals surface area contributed by atoms with E-state index in [1.54, 1.807) is 19.1 Å². The Kier molecular flexibility index (Phi) is 4.26. The molecule has 2 aromatic rings. The third-order valence-electron chi connectivity index (χ3n) is 2.48. The molecule has 0 aliphatic heterocycles. The zero-order chi connectivity index (χ0) is 14.0. The van der Waals surface area contributed by atoms with Gasteiger partial charge in [-0.1, -0.05) is 11.6 Å². The van der Waals surface area contributed by atoms with Crippen LogP contribution in [-0.4, -0.2) is 10.9 Å². The van der Waals surface area contributed by atoms with E-state index in [1.807, 2.05) is 6.07 Å². The van der Waals surface area contributed by atoms with Crippen molar-refractivity contribution in [3.8, 4) is 0 Å². The lowest BCUT2D eigenvalue weighted by Crippen LogP contribution is -2.21. The number of hydrogen-bond donors (Lipinski definition) is 2. The summed E-state index contributed by atoms with van der Waals surface area (Å²) < 4.78 is 0.966. The highest BCUT2D eigenvalue weighted by Gasteiger charge is 2.12. The molecule has 1 amide bonds. The lowest BCUT2D eigenvalue weighted by Gasteiger charge is -2.07. The number of aryl methyl sites for hydroxylation is 1. The fourth-order valence-corrected chi connectivity index (χ4v) is 2.43. The predicted molar refractivity (Wildman–Crippen MR) is 83.9 cm³/mol. The smallest absolute Gasteiger partial charge is 0.261 e. The second-order valence-electron chi connectivity index (χ2n) is 3.97. The van der Waals surface area contributed by atoms with E-state index in [4.69, 9.17) is 11.6 Å². The molecule has 19 heavy (non-hydrogen) atoms. The molecule has 4 nitrogen and oxygen atoms in total. The lowest BCUT2D eigenvalue weighted by atomic mass is 10.2. The first-order chi connectivity index (χ1) is 8.97. The molecule has 0 aliphatic carbocycles. The van der Waals surface area contributed by atoms with Crippen LogP contribution >= 0.6 is 34.2 Å². The number of anilines is 1. The molecule has 0 radical (unpaired) electrons. The van der Waals surface area contributed by atoms with Crippen molar-refractivity contribution in [3.63, 3.8) is 0 Å². The maximum Gasteiger partial charge on any atom is 0.261 e. The Balaban J connectivity index is 2.28. The minimum atomic E-state index is -0.482. The van der Waals surface area contributed by atoms with Crippen LogP contribution in [0.15, 0.2) is 35.3 Å². The number of rotatable bonds is 2. The normalized spacial score (nSPS) is 10.3. The highest BCUT2D eigenvalue weighted by molar-refractivity contribution is 14.1. The van der Waals surface area contributed by atoms with Gasteiger partial charge < -0.3 is 10.3 Å². The van der Waals surface area contributed by atoms with Crippen molar-refractivity contribution in [3.05, 3.63) is 60.5 Å². The lowest BCUT2D eigenvalue weighted by molar-refractivity contribution is 0.102. The molecule has 2 rings (SSSR count). The van der Waals surface area contributed by atoms with Crippen LogP contribution in [0.3, 0.4) is 0 Å². The number of pyridine rings is 1. The molecule has 1 aromatic carbocycles. The summed E-state index contributed by atoms with van der Waals surface area (Å²) in [6.45, 7) is 1.75. The number of halogens is 2. The minimum absolute atomic E-state index is 0.0558. The first kappa shape index (κ1) is 14.1. The molecule has 1 aromatic heterocycles. The minimum Gasteiger partial charge on any atom is -0.364 e. The summed E-state index contributed by atoms with van der Waals surface area (Å²) in [4.78, 5) is 26.5. The van der Waals surface area contributed by atoms with Gasteiger partial charge in [0, 0.05) is 21.5 Å². The molecule has 98 valence electrons. The van der Waals surface area contributed by atoms with Gasteiger partial charge in [0.1, 0.15) is 5.56 Å². The number of hydrogen-bond acceptors (Lipinski definition) is 2. The van der Waals surface area contributed by atoms with E-state index < -0.39 is 5.91 Å². The second-order valence-corrected chi connectivity index (χ2v) is 5.63. The Morgan fingerprint density at radius 3 is 2.74 bits per heavy atom. The first-order valence-electron chi connectivity index (χ1n) is 5.43. The number of carbonyl (C=O) groups excluding carboxylic acids is 1. The summed E-state index contributed by atoms with van der Waals surface area (Å²) in [5.41, 5.74) is 0.913. The highest BCUT2D eigenvalue weighted by Crippen LogP contribution is 2.24. The quantitative estimate of drug-likeness (QED) is 0.776. The number of amides is 1. The monoisotopic (exact) mass is 388 g/mol. The van der Waals surface area contributed by atoms with Crippen LogP contribution in [0.1, 0.15) is 16.1 Å². The van der Waals surface area contributed by atoms with Gasteiger partial charge in [0.2, 0.25) is 0 Å². The van der Waals surface area contributed by atoms with Gasteiger partial charge >= 0.3 is 0 Å². The van der Waals surface area contributed by atoms with E-state index in [2.05, 4.69) is 32.9 Å². The van der Waals surface area contributed by atoms with Gasteiger partial charge in [-0.25, -0.2) is 0 Å². The molecule has 6 heteroatoms. The molecule has 0 fully saturated rings. The first-order valence-corrected chi connectivity index (χ1v) is 6.89. The van der Waals surface area contributed by atoms with Crippen LogP contribution in [0.2, 0.25) is 5.02 Å². The molecule has 2 N–H and O–H groups in total. The third kappa shape index (κ3) is 3.36. The van der Waals surface area contributed by atoms with Crippen molar-refractivity contribution in [1.82, 2.24) is 4.98 Å². The largest absolute Gasteiger partial charge is 0.364 e. The Bertz CT molecular complexity index is 697. The van der Waals surface area contributed by atoms with Gasteiger partial charge in [0.15, 0.2) is 5.43 Å². The van der Waals surface area contributed by atoms with Gasteiger partial charge in [0.25, 0.3) is 5.91 Å². The predicted octanol–water partition coefficient (Wildman–Crippen LogP) is 3.19. The van der Waals surface area contributed by atoms with Gasteiger partial charge in [-0.15, -0.1) is 0 Å². The summed E-state index contributed by atoms with van der Waals surface area (Å²) in [6.07, 6.45) is 1.40. The maximum absolute atomic E-state index is 12.0. The van der Waals surface area contributed by atoms with Crippen molar-refractivity contribution in [2.45, 2.75) is 6.92 Å². The molecular weight excluding hydrogens is 379 g/mol. The van der Waals surface area contributed by atoms with Crippen LogP contribution in [0, 0.1) is 10.5 Å². The summed E-state index contributed by atoms with van der Waals surface area (Å²) >= 11 is 8.14. The van der Waals surface area contributed by atoms with Crippen molar-refractivity contribution in [1.29, 1.82) is 0 Å². The van der Waals surface area contributed by atoms with Gasteiger partial charge in [-0.3, -0.25) is 9.59 Å². The third-order valence-corrected chi connectivity index (χ3v) is 3.46. The number of H-pyrrole nitrogens is 1. The van der Waals surface area contributed by atoms with Crippen molar-refractivity contribution in [2.24, 2.45) is 0 Å². The van der Waals surface area contributed by atoms with E-state index >= 15 is 0 Å². The topological polar surface area (TPSA) is 62.0 Å². The average molecular weight is 389 g/mol. The Hall–Kier alpha value is -1.34. The fraction of sp³-hybridized carbons (Fsp3) is 0.0769. The van der Waals surface area contributed by atoms with E-state index in [-0.39, 0.29) is 11.0 Å². The zero-order valence-electron chi connectivity index (χ0n) is 9.96. The number of aromatic amines is 1. The van der Waals surface area contributed by atoms with Crippen LogP contribution in [-0.2, 0) is 0 Å². The fourth-order valence-electron chi connectivity index (χ4n) is 1.53. The zero-order valence-corrected chi connectivity index (χ0v) is 12.9. The number of benzene rings is 1. The summed E-state index contributed by atoms with van der Waals surface area (Å²) in [5, 5.41) is 3.05. The van der Waals surface area contributed by atoms with Crippen LogP contribution in [0.5, 0.6) is 0 Å². The SMILES string of the molecule is Cc1cc(=O)c(C(=O)Nc2ccc(I)cc2Cl)c[nH]1. The summed E-state index contributed by atoms with van der Waals surface area (Å²) in [7, 11) is 0. The Morgan fingerprint density at radius 2 is 2.11 bits per heavy atom. The average Bonchev–Trinajstić information content (AvgIpc) is 2.32. The van der Waals surface area contributed by atoms with E-state index in [0.29, 0.717) is 16.4 Å². The van der Waals surface area contributed by atoms with Crippen molar-refractivity contribution >= 4 is 45.8 Å². The highest BCUT2D eigenvalue weighted by atomic mass is 127. The summed E-state index contributed by atoms with van der Waals surface area (Å²) in [5.74, 6) is -0.482. The van der Waals surface area contributed by atoms with E-state index in [9.17, 15) is 9.59 Å². The standard InChI is InChI=1S/C13H10ClIN2O2/c1-7-4-12(18)9(6-16-7)13(19)17-11-3-2-8(15)5-10(11)14/h2-6H,1H3,(H,16,18)(H,17,19). The van der Waals surface area contributed by atoms with Crippen molar-refractivity contribution < 1.29 is 4.79 Å². The molecule has 0 atom stereocenters. The molecule has 1 heterocycles. The van der Waals surface area contributed by atoms with Crippen LogP contribution in [0.4, 0.5) is 5.69 Å². The molecule has 0 aliphatic rings. The number of carbonyl (C=O) groups is 1. The van der Waals surface area contributed by atoms with E-state index in [0.717, 1.165) is 3.57 Å². The van der Waals surface area contributed by atoms with Crippen molar-refractivity contribution in [2.75, 3.05) is 5.32 Å². The van der Waals surface area contributed by atoms with Crippen LogP contribution < -0.4 is 10.7 Å². The molecule has 0 saturated heterocycles. The number of nitrogens with one attached hydrogen (secondary N) is 2. The second kappa shape index (κ2) is 5.75. The van der Waals surface area contributed by atoms with E-state index in [1.165, 1.54) is 12.3 Å². The van der Waals surface area contributed by atoms with Crippen LogP contribution in [0.25, 0.3) is 0 Å². The molecule has 0 bridgehead atoms.